The minimum atomic E-state index is -0.672. The Morgan fingerprint density at radius 2 is 1.88 bits per heavy atom. The minimum absolute atomic E-state index is 0. The van der Waals surface area contributed by atoms with Gasteiger partial charge in [-0.3, -0.25) is 4.79 Å². The third-order valence-corrected chi connectivity index (χ3v) is 5.09. The number of hydrogen-bond donors (Lipinski definition) is 1. The summed E-state index contributed by atoms with van der Waals surface area (Å²) in [5.74, 6) is 1.16. The molecule has 1 heterocycles. The number of nitrogens with two attached hydrogens (primary N) is 1. The third kappa shape index (κ3) is 5.20. The zero-order valence-corrected chi connectivity index (χ0v) is 15.0. The number of hydrogen-bond acceptors (Lipinski definition) is 4. The molecule has 2 fully saturated rings. The number of rotatable bonds is 4. The van der Waals surface area contributed by atoms with Crippen molar-refractivity contribution in [3.05, 3.63) is 35.9 Å². The van der Waals surface area contributed by atoms with Crippen LogP contribution in [-0.4, -0.2) is 31.3 Å². The highest BCUT2D eigenvalue weighted by molar-refractivity contribution is 5.85. The fourth-order valence-electron chi connectivity index (χ4n) is 3.52. The van der Waals surface area contributed by atoms with Crippen LogP contribution in [0.3, 0.4) is 0 Å². The number of halogens is 1. The zero-order valence-electron chi connectivity index (χ0n) is 14.2. The van der Waals surface area contributed by atoms with Crippen molar-refractivity contribution in [2.45, 2.75) is 44.8 Å². The van der Waals surface area contributed by atoms with Crippen molar-refractivity contribution in [3.8, 4) is 0 Å². The summed E-state index contributed by atoms with van der Waals surface area (Å²) < 4.78 is 11.4. The predicted octanol–water partition coefficient (Wildman–Crippen LogP) is 2.97. The van der Waals surface area contributed by atoms with Crippen LogP contribution >= 0.6 is 12.4 Å². The Kier molecular flexibility index (Phi) is 7.08. The quantitative estimate of drug-likeness (QED) is 0.845. The molecule has 2 aliphatic rings. The molecule has 0 amide bonds. The first-order valence-corrected chi connectivity index (χ1v) is 8.71. The molecule has 4 nitrogen and oxygen atoms in total. The Morgan fingerprint density at radius 3 is 2.54 bits per heavy atom. The van der Waals surface area contributed by atoms with E-state index in [0.29, 0.717) is 12.5 Å². The van der Waals surface area contributed by atoms with Gasteiger partial charge in [-0.15, -0.1) is 12.4 Å². The lowest BCUT2D eigenvalue weighted by Gasteiger charge is -2.31. The molecule has 0 spiro atoms. The van der Waals surface area contributed by atoms with Gasteiger partial charge in [-0.05, 0) is 37.2 Å². The summed E-state index contributed by atoms with van der Waals surface area (Å²) in [7, 11) is 0. The second-order valence-electron chi connectivity index (χ2n) is 7.08. The Labute approximate surface area is 150 Å². The van der Waals surface area contributed by atoms with Crippen molar-refractivity contribution >= 4 is 18.4 Å². The van der Waals surface area contributed by atoms with E-state index in [1.54, 1.807) is 0 Å². The molecule has 134 valence electrons. The topological polar surface area (TPSA) is 61.5 Å². The van der Waals surface area contributed by atoms with Crippen LogP contribution in [0.15, 0.2) is 30.3 Å². The summed E-state index contributed by atoms with van der Waals surface area (Å²) in [6.07, 6.45) is 4.57. The lowest BCUT2D eigenvalue weighted by molar-refractivity contribution is -0.153. The van der Waals surface area contributed by atoms with E-state index in [1.165, 1.54) is 18.4 Å². The number of cyclic esters (lactones) is 1. The van der Waals surface area contributed by atoms with Gasteiger partial charge >= 0.3 is 5.97 Å². The van der Waals surface area contributed by atoms with E-state index < -0.39 is 6.04 Å². The summed E-state index contributed by atoms with van der Waals surface area (Å²) in [6, 6.07) is 9.76. The maximum Gasteiger partial charge on any atom is 0.325 e. The second-order valence-corrected chi connectivity index (χ2v) is 7.08. The highest BCUT2D eigenvalue weighted by atomic mass is 35.5. The van der Waals surface area contributed by atoms with Crippen LogP contribution in [0, 0.1) is 17.8 Å². The molecule has 0 aromatic heterocycles. The average molecular weight is 354 g/mol. The third-order valence-electron chi connectivity index (χ3n) is 5.09. The molecule has 2 N–H and O–H groups in total. The van der Waals surface area contributed by atoms with Crippen LogP contribution in [-0.2, 0) is 20.7 Å². The molecular weight excluding hydrogens is 326 g/mol. The van der Waals surface area contributed by atoms with Crippen LogP contribution in [0.2, 0.25) is 0 Å². The van der Waals surface area contributed by atoms with Crippen molar-refractivity contribution in [3.63, 3.8) is 0 Å². The maximum absolute atomic E-state index is 12.0. The number of ether oxygens (including phenoxy) is 2. The SMILES string of the molecule is C[C@@H]1OC(=O)[C@@H](N)COC[C@H](CC2CC2)[C@H]1Cc1ccccc1.Cl. The van der Waals surface area contributed by atoms with Crippen molar-refractivity contribution < 1.29 is 14.3 Å². The second kappa shape index (κ2) is 8.84. The van der Waals surface area contributed by atoms with E-state index in [2.05, 4.69) is 24.3 Å². The largest absolute Gasteiger partial charge is 0.461 e. The number of esters is 1. The first-order chi connectivity index (χ1) is 11.1. The minimum Gasteiger partial charge on any atom is -0.461 e. The van der Waals surface area contributed by atoms with E-state index in [0.717, 1.165) is 18.8 Å². The molecule has 1 aromatic rings. The molecule has 3 rings (SSSR count). The van der Waals surface area contributed by atoms with E-state index in [1.807, 2.05) is 13.0 Å². The van der Waals surface area contributed by atoms with E-state index >= 15 is 0 Å². The first-order valence-electron chi connectivity index (χ1n) is 8.71. The molecule has 5 heteroatoms. The molecule has 0 unspecified atom stereocenters. The van der Waals surface area contributed by atoms with Crippen LogP contribution < -0.4 is 5.73 Å². The Bertz CT molecular complexity index is 521. The monoisotopic (exact) mass is 353 g/mol. The lowest BCUT2D eigenvalue weighted by Crippen LogP contribution is -2.39. The zero-order chi connectivity index (χ0) is 16.2. The molecule has 1 saturated heterocycles. The molecule has 4 atom stereocenters. The van der Waals surface area contributed by atoms with Gasteiger partial charge in [0.25, 0.3) is 0 Å². The molecule has 1 saturated carbocycles. The van der Waals surface area contributed by atoms with Crippen LogP contribution in [0.5, 0.6) is 0 Å². The standard InChI is InChI=1S/C19H27NO3.ClH/c1-13-17(10-14-5-3-2-4-6-14)16(9-15-7-8-15)11-22-12-18(20)19(21)23-13;/h2-6,13,15-18H,7-12,20H2,1H3;1H/t13-,16-,17-,18-;/m0./s1. The molecule has 1 aliphatic heterocycles. The fourth-order valence-corrected chi connectivity index (χ4v) is 3.52. The number of benzene rings is 1. The van der Waals surface area contributed by atoms with Gasteiger partial charge in [0.15, 0.2) is 0 Å². The molecule has 1 aromatic carbocycles. The highest BCUT2D eigenvalue weighted by Gasteiger charge is 2.36. The van der Waals surface area contributed by atoms with E-state index in [9.17, 15) is 4.79 Å². The van der Waals surface area contributed by atoms with Gasteiger partial charge in [0.05, 0.1) is 6.61 Å². The van der Waals surface area contributed by atoms with Gasteiger partial charge in [0.1, 0.15) is 12.1 Å². The van der Waals surface area contributed by atoms with Gasteiger partial charge in [0, 0.05) is 12.5 Å². The van der Waals surface area contributed by atoms with E-state index in [4.69, 9.17) is 15.2 Å². The van der Waals surface area contributed by atoms with Gasteiger partial charge in [0.2, 0.25) is 0 Å². The van der Waals surface area contributed by atoms with Crippen molar-refractivity contribution in [2.75, 3.05) is 13.2 Å². The van der Waals surface area contributed by atoms with Crippen LogP contribution in [0.4, 0.5) is 0 Å². The van der Waals surface area contributed by atoms with Crippen molar-refractivity contribution in [1.82, 2.24) is 0 Å². The Balaban J connectivity index is 0.00000208. The summed E-state index contributed by atoms with van der Waals surface area (Å²) in [5, 5.41) is 0. The van der Waals surface area contributed by atoms with Gasteiger partial charge in [-0.2, -0.15) is 0 Å². The number of carbonyl (C=O) groups excluding carboxylic acids is 1. The number of carbonyl (C=O) groups is 1. The molecule has 0 bridgehead atoms. The summed E-state index contributed by atoms with van der Waals surface area (Å²) in [6.45, 7) is 2.93. The first kappa shape index (κ1) is 19.2. The maximum atomic E-state index is 12.0. The molecule has 0 radical (unpaired) electrons. The molecule has 24 heavy (non-hydrogen) atoms. The van der Waals surface area contributed by atoms with E-state index in [-0.39, 0.29) is 37.0 Å². The van der Waals surface area contributed by atoms with Gasteiger partial charge < -0.3 is 15.2 Å². The summed E-state index contributed by atoms with van der Waals surface area (Å²) in [4.78, 5) is 12.0. The van der Waals surface area contributed by atoms with Crippen LogP contribution in [0.1, 0.15) is 31.7 Å². The molecular formula is C19H28ClNO3. The Morgan fingerprint density at radius 1 is 1.17 bits per heavy atom. The smallest absolute Gasteiger partial charge is 0.325 e. The van der Waals surface area contributed by atoms with Crippen molar-refractivity contribution in [1.29, 1.82) is 0 Å². The lowest BCUT2D eigenvalue weighted by atomic mass is 9.80. The predicted molar refractivity (Wildman–Crippen MR) is 96.1 cm³/mol. The highest BCUT2D eigenvalue weighted by Crippen LogP contribution is 2.39. The summed E-state index contributed by atoms with van der Waals surface area (Å²) in [5.41, 5.74) is 7.12. The van der Waals surface area contributed by atoms with Crippen LogP contribution in [0.25, 0.3) is 0 Å². The van der Waals surface area contributed by atoms with Gasteiger partial charge in [-0.25, -0.2) is 0 Å². The average Bonchev–Trinajstić information content (AvgIpc) is 3.35. The Hall–Kier alpha value is -1.10. The normalized spacial score (nSPS) is 31.2. The summed E-state index contributed by atoms with van der Waals surface area (Å²) >= 11 is 0. The fraction of sp³-hybridized carbons (Fsp3) is 0.632. The molecule has 1 aliphatic carbocycles. The van der Waals surface area contributed by atoms with Gasteiger partial charge in [-0.1, -0.05) is 43.2 Å². The van der Waals surface area contributed by atoms with Crippen molar-refractivity contribution in [2.24, 2.45) is 23.5 Å².